The van der Waals surface area contributed by atoms with E-state index in [0.717, 1.165) is 27.9 Å². The van der Waals surface area contributed by atoms with Gasteiger partial charge in [-0.1, -0.05) is 114 Å². The fraction of sp³-hybridized carbons (Fsp3) is 0.243. The van der Waals surface area contributed by atoms with Crippen molar-refractivity contribution in [2.75, 3.05) is 5.32 Å². The Morgan fingerprint density at radius 3 is 1.95 bits per heavy atom. The summed E-state index contributed by atoms with van der Waals surface area (Å²) in [4.78, 5) is 24.7. The van der Waals surface area contributed by atoms with Crippen LogP contribution < -0.4 is 5.32 Å². The molecular weight excluding hydrogens is 506 g/mol. The van der Waals surface area contributed by atoms with Crippen LogP contribution in [-0.4, -0.2) is 16.9 Å². The van der Waals surface area contributed by atoms with Crippen LogP contribution in [0.1, 0.15) is 84.5 Å². The number of ketones is 1. The van der Waals surface area contributed by atoms with Crippen LogP contribution >= 0.6 is 0 Å². The number of allylic oxidation sites excluding steroid dienone is 1. The first-order chi connectivity index (χ1) is 19.3. The fourth-order valence-electron chi connectivity index (χ4n) is 4.74. The molecule has 4 aromatic carbocycles. The number of rotatable bonds is 8. The molecule has 0 spiro atoms. The third-order valence-electron chi connectivity index (χ3n) is 7.19. The predicted molar refractivity (Wildman–Crippen MR) is 170 cm³/mol. The third kappa shape index (κ3) is 7.40. The summed E-state index contributed by atoms with van der Waals surface area (Å²) in [6.07, 6.45) is 3.28. The molecule has 4 aromatic rings. The van der Waals surface area contributed by atoms with Crippen molar-refractivity contribution < 1.29 is 14.7 Å². The summed E-state index contributed by atoms with van der Waals surface area (Å²) in [6, 6.07) is 29.4. The van der Waals surface area contributed by atoms with E-state index >= 15 is 0 Å². The number of carbonyl (C=O) groups excluding carboxylic acids is 1. The lowest BCUT2D eigenvalue weighted by Gasteiger charge is -2.27. The quantitative estimate of drug-likeness (QED) is 0.171. The SMILES string of the molecule is CC(C)(C)c1ccc(-c2cc(C(=O)C=Cc3ccc(C(=O)O)cc3)cc(C(C)(C)C)c2NCc2ccccc2)cc1. The summed E-state index contributed by atoms with van der Waals surface area (Å²) >= 11 is 0. The Hall–Kier alpha value is -4.44. The zero-order valence-electron chi connectivity index (χ0n) is 24.8. The van der Waals surface area contributed by atoms with Crippen molar-refractivity contribution in [3.63, 3.8) is 0 Å². The number of benzene rings is 4. The van der Waals surface area contributed by atoms with Crippen molar-refractivity contribution in [2.45, 2.75) is 58.9 Å². The van der Waals surface area contributed by atoms with E-state index < -0.39 is 5.97 Å². The number of anilines is 1. The molecule has 210 valence electrons. The minimum atomic E-state index is -0.977. The van der Waals surface area contributed by atoms with E-state index in [1.165, 1.54) is 23.3 Å². The van der Waals surface area contributed by atoms with E-state index in [1.807, 2.05) is 30.3 Å². The molecule has 0 radical (unpaired) electrons. The highest BCUT2D eigenvalue weighted by atomic mass is 16.4. The highest BCUT2D eigenvalue weighted by molar-refractivity contribution is 6.08. The molecule has 0 atom stereocenters. The van der Waals surface area contributed by atoms with Gasteiger partial charge in [0.1, 0.15) is 0 Å². The van der Waals surface area contributed by atoms with Crippen LogP contribution in [0, 0.1) is 0 Å². The smallest absolute Gasteiger partial charge is 0.335 e. The van der Waals surface area contributed by atoms with Crippen molar-refractivity contribution in [1.82, 2.24) is 0 Å². The molecule has 0 fully saturated rings. The molecule has 0 saturated heterocycles. The summed E-state index contributed by atoms with van der Waals surface area (Å²) in [7, 11) is 0. The highest BCUT2D eigenvalue weighted by Crippen LogP contribution is 2.40. The zero-order valence-corrected chi connectivity index (χ0v) is 24.8. The lowest BCUT2D eigenvalue weighted by atomic mass is 9.81. The van der Waals surface area contributed by atoms with Gasteiger partial charge in [0.25, 0.3) is 0 Å². The average molecular weight is 546 g/mol. The molecule has 0 bridgehead atoms. The first-order valence-electron chi connectivity index (χ1n) is 14.0. The van der Waals surface area contributed by atoms with Crippen molar-refractivity contribution in [1.29, 1.82) is 0 Å². The van der Waals surface area contributed by atoms with Gasteiger partial charge in [-0.15, -0.1) is 0 Å². The molecule has 4 rings (SSSR count). The molecule has 0 amide bonds. The molecule has 4 nitrogen and oxygen atoms in total. The van der Waals surface area contributed by atoms with Gasteiger partial charge in [-0.05, 0) is 69.0 Å². The van der Waals surface area contributed by atoms with E-state index in [-0.39, 0.29) is 22.2 Å². The maximum Gasteiger partial charge on any atom is 0.335 e. The summed E-state index contributed by atoms with van der Waals surface area (Å²) in [5.41, 5.74) is 7.93. The van der Waals surface area contributed by atoms with Gasteiger partial charge in [0.2, 0.25) is 0 Å². The standard InChI is InChI=1S/C37H39NO3/c1-36(2,3)30-19-17-27(18-20-30)31-22-29(33(39)21-14-25-12-15-28(16-13-25)35(40)41)23-32(37(4,5)6)34(31)38-24-26-10-8-7-9-11-26/h7-23,38H,24H2,1-6H3,(H,40,41). The van der Waals surface area contributed by atoms with Crippen LogP contribution in [0.4, 0.5) is 5.69 Å². The van der Waals surface area contributed by atoms with Gasteiger partial charge < -0.3 is 10.4 Å². The lowest BCUT2D eigenvalue weighted by Crippen LogP contribution is -2.17. The van der Waals surface area contributed by atoms with Gasteiger partial charge >= 0.3 is 5.97 Å². The Morgan fingerprint density at radius 2 is 1.39 bits per heavy atom. The van der Waals surface area contributed by atoms with Crippen molar-refractivity contribution in [3.05, 3.63) is 130 Å². The van der Waals surface area contributed by atoms with E-state index in [2.05, 4.69) is 83.3 Å². The molecule has 0 aromatic heterocycles. The second-order valence-corrected chi connectivity index (χ2v) is 12.5. The number of hydrogen-bond donors (Lipinski definition) is 2. The van der Waals surface area contributed by atoms with Gasteiger partial charge in [-0.25, -0.2) is 4.79 Å². The van der Waals surface area contributed by atoms with Crippen LogP contribution in [0.2, 0.25) is 0 Å². The summed E-state index contributed by atoms with van der Waals surface area (Å²) in [5, 5.41) is 12.9. The third-order valence-corrected chi connectivity index (χ3v) is 7.19. The van der Waals surface area contributed by atoms with Crippen LogP contribution in [0.25, 0.3) is 17.2 Å². The number of carboxylic acids is 1. The van der Waals surface area contributed by atoms with Gasteiger partial charge in [-0.2, -0.15) is 0 Å². The number of carbonyl (C=O) groups is 2. The van der Waals surface area contributed by atoms with E-state index in [1.54, 1.807) is 24.3 Å². The average Bonchev–Trinajstić information content (AvgIpc) is 2.94. The molecule has 0 unspecified atom stereocenters. The van der Waals surface area contributed by atoms with Crippen molar-refractivity contribution >= 4 is 23.5 Å². The Balaban J connectivity index is 1.79. The topological polar surface area (TPSA) is 66.4 Å². The van der Waals surface area contributed by atoms with Crippen LogP contribution in [0.15, 0.2) is 97.1 Å². The molecule has 2 N–H and O–H groups in total. The van der Waals surface area contributed by atoms with Crippen LogP contribution in [-0.2, 0) is 17.4 Å². The molecular formula is C37H39NO3. The number of hydrogen-bond acceptors (Lipinski definition) is 3. The second kappa shape index (κ2) is 12.0. The maximum absolute atomic E-state index is 13.5. The Morgan fingerprint density at radius 1 is 0.756 bits per heavy atom. The van der Waals surface area contributed by atoms with E-state index in [4.69, 9.17) is 5.11 Å². The van der Waals surface area contributed by atoms with Gasteiger partial charge in [-0.3, -0.25) is 4.79 Å². The van der Waals surface area contributed by atoms with Crippen molar-refractivity contribution in [3.8, 4) is 11.1 Å². The number of carboxylic acid groups (broad SMARTS) is 1. The molecule has 4 heteroatoms. The molecule has 0 aliphatic rings. The van der Waals surface area contributed by atoms with Gasteiger partial charge in [0, 0.05) is 23.4 Å². The lowest BCUT2D eigenvalue weighted by molar-refractivity contribution is 0.0696. The Kier molecular flexibility index (Phi) is 8.63. The second-order valence-electron chi connectivity index (χ2n) is 12.5. The zero-order chi connectivity index (χ0) is 29.8. The minimum absolute atomic E-state index is 0.0365. The summed E-state index contributed by atoms with van der Waals surface area (Å²) < 4.78 is 0. The maximum atomic E-state index is 13.5. The largest absolute Gasteiger partial charge is 0.478 e. The molecule has 0 aliphatic heterocycles. The minimum Gasteiger partial charge on any atom is -0.478 e. The monoisotopic (exact) mass is 545 g/mol. The van der Waals surface area contributed by atoms with Crippen LogP contribution in [0.5, 0.6) is 0 Å². The van der Waals surface area contributed by atoms with Crippen LogP contribution in [0.3, 0.4) is 0 Å². The first-order valence-corrected chi connectivity index (χ1v) is 14.0. The van der Waals surface area contributed by atoms with Gasteiger partial charge in [0.05, 0.1) is 5.56 Å². The Labute approximate surface area is 243 Å². The summed E-state index contributed by atoms with van der Waals surface area (Å²) in [5.74, 6) is -1.09. The molecule has 0 aliphatic carbocycles. The number of aromatic carboxylic acids is 1. The normalized spacial score (nSPS) is 12.0. The molecule has 41 heavy (non-hydrogen) atoms. The van der Waals surface area contributed by atoms with E-state index in [0.29, 0.717) is 12.1 Å². The van der Waals surface area contributed by atoms with Gasteiger partial charge in [0.15, 0.2) is 5.78 Å². The van der Waals surface area contributed by atoms with E-state index in [9.17, 15) is 9.59 Å². The predicted octanol–water partition coefficient (Wildman–Crippen LogP) is 9.16. The van der Waals surface area contributed by atoms with Crippen molar-refractivity contribution in [2.24, 2.45) is 0 Å². The molecule has 0 heterocycles. The Bertz CT molecular complexity index is 1550. The summed E-state index contributed by atoms with van der Waals surface area (Å²) in [6.45, 7) is 13.8. The number of nitrogens with one attached hydrogen (secondary N) is 1. The molecule has 0 saturated carbocycles. The fourth-order valence-corrected chi connectivity index (χ4v) is 4.74. The first kappa shape index (κ1) is 29.5. The highest BCUT2D eigenvalue weighted by Gasteiger charge is 2.24.